The van der Waals surface area contributed by atoms with Crippen LogP contribution in [0.4, 0.5) is 0 Å². The fourth-order valence-corrected chi connectivity index (χ4v) is 3.69. The first-order chi connectivity index (χ1) is 10.0. The van der Waals surface area contributed by atoms with Gasteiger partial charge < -0.3 is 9.47 Å². The molecule has 2 aliphatic rings. The van der Waals surface area contributed by atoms with Gasteiger partial charge in [0.05, 0.1) is 5.92 Å². The molecule has 21 heavy (non-hydrogen) atoms. The number of fused-ring (bicyclic) bond motifs is 3. The minimum absolute atomic E-state index is 0.0156. The molecule has 0 bridgehead atoms. The van der Waals surface area contributed by atoms with Crippen molar-refractivity contribution in [3.63, 3.8) is 0 Å². The molecule has 3 rings (SSSR count). The van der Waals surface area contributed by atoms with Crippen LogP contribution in [0.25, 0.3) is 0 Å². The van der Waals surface area contributed by atoms with Crippen molar-refractivity contribution in [3.8, 4) is 18.1 Å². The van der Waals surface area contributed by atoms with Crippen LogP contribution in [0.1, 0.15) is 41.7 Å². The minimum Gasteiger partial charge on any atom is -0.481 e. The van der Waals surface area contributed by atoms with E-state index in [4.69, 9.17) is 15.9 Å². The maximum atomic E-state index is 11.9. The molecule has 1 saturated heterocycles. The first-order valence-corrected chi connectivity index (χ1v) is 7.44. The summed E-state index contributed by atoms with van der Waals surface area (Å²) in [5, 5.41) is 0. The molecule has 1 fully saturated rings. The molecule has 1 aliphatic heterocycles. The van der Waals surface area contributed by atoms with Crippen molar-refractivity contribution in [2.45, 2.75) is 39.7 Å². The molecule has 0 radical (unpaired) electrons. The molecule has 110 valence electrons. The number of hydrogen-bond acceptors (Lipinski definition) is 3. The van der Waals surface area contributed by atoms with E-state index in [0.717, 1.165) is 29.7 Å². The molecular formula is C18H20O3. The first-order valence-electron chi connectivity index (χ1n) is 7.44. The lowest BCUT2D eigenvalue weighted by Gasteiger charge is -2.31. The van der Waals surface area contributed by atoms with Crippen LogP contribution in [0.3, 0.4) is 0 Å². The third-order valence-corrected chi connectivity index (χ3v) is 4.89. The normalized spacial score (nSPS) is 26.6. The number of aryl methyl sites for hydroxylation is 1. The van der Waals surface area contributed by atoms with Crippen molar-refractivity contribution < 1.29 is 14.3 Å². The highest BCUT2D eigenvalue weighted by molar-refractivity contribution is 5.76. The van der Waals surface area contributed by atoms with E-state index in [9.17, 15) is 4.79 Å². The van der Waals surface area contributed by atoms with Crippen molar-refractivity contribution in [1.29, 1.82) is 0 Å². The Balaban J connectivity index is 2.09. The molecule has 1 heterocycles. The Bertz CT molecular complexity index is 639. The third-order valence-electron chi connectivity index (χ3n) is 4.89. The highest BCUT2D eigenvalue weighted by Crippen LogP contribution is 2.49. The summed E-state index contributed by atoms with van der Waals surface area (Å²) in [6, 6.07) is 2.05. The highest BCUT2D eigenvalue weighted by Gasteiger charge is 2.46. The number of ether oxygens (including phenoxy) is 2. The number of terminal acetylenes is 1. The summed E-state index contributed by atoms with van der Waals surface area (Å²) in [7, 11) is 0. The predicted molar refractivity (Wildman–Crippen MR) is 80.1 cm³/mol. The van der Waals surface area contributed by atoms with Crippen LogP contribution in [0.5, 0.6) is 5.75 Å². The van der Waals surface area contributed by atoms with E-state index in [1.807, 2.05) is 19.9 Å². The van der Waals surface area contributed by atoms with Gasteiger partial charge in [-0.15, -0.1) is 6.42 Å². The van der Waals surface area contributed by atoms with Crippen LogP contribution in [0.15, 0.2) is 6.07 Å². The van der Waals surface area contributed by atoms with Gasteiger partial charge in [-0.3, -0.25) is 4.79 Å². The van der Waals surface area contributed by atoms with Gasteiger partial charge in [-0.05, 0) is 49.4 Å². The Morgan fingerprint density at radius 2 is 2.24 bits per heavy atom. The van der Waals surface area contributed by atoms with Gasteiger partial charge in [0.25, 0.3) is 0 Å². The smallest absolute Gasteiger partial charge is 0.309 e. The average molecular weight is 284 g/mol. The van der Waals surface area contributed by atoms with Gasteiger partial charge in [0.2, 0.25) is 0 Å². The quantitative estimate of drug-likeness (QED) is 0.618. The van der Waals surface area contributed by atoms with E-state index in [1.54, 1.807) is 0 Å². The molecule has 0 saturated carbocycles. The molecule has 3 atom stereocenters. The van der Waals surface area contributed by atoms with E-state index >= 15 is 0 Å². The summed E-state index contributed by atoms with van der Waals surface area (Å²) < 4.78 is 11.3. The summed E-state index contributed by atoms with van der Waals surface area (Å²) >= 11 is 0. The van der Waals surface area contributed by atoms with Gasteiger partial charge in [0.1, 0.15) is 18.5 Å². The van der Waals surface area contributed by atoms with Gasteiger partial charge >= 0.3 is 5.97 Å². The maximum absolute atomic E-state index is 11.9. The molecule has 3 heteroatoms. The van der Waals surface area contributed by atoms with E-state index in [0.29, 0.717) is 0 Å². The lowest BCUT2D eigenvalue weighted by atomic mass is 9.74. The highest BCUT2D eigenvalue weighted by atomic mass is 16.6. The van der Waals surface area contributed by atoms with Crippen molar-refractivity contribution in [3.05, 3.63) is 28.3 Å². The zero-order valence-corrected chi connectivity index (χ0v) is 12.7. The summed E-state index contributed by atoms with van der Waals surface area (Å²) in [5.41, 5.74) is 4.71. The molecule has 1 aliphatic carbocycles. The molecule has 1 aromatic rings. The van der Waals surface area contributed by atoms with Crippen LogP contribution >= 0.6 is 0 Å². The minimum atomic E-state index is -0.121. The second-order valence-corrected chi connectivity index (χ2v) is 6.05. The largest absolute Gasteiger partial charge is 0.481 e. The zero-order chi connectivity index (χ0) is 15.1. The second-order valence-electron chi connectivity index (χ2n) is 6.05. The molecule has 0 amide bonds. The molecule has 0 N–H and O–H groups in total. The second kappa shape index (κ2) is 5.11. The summed E-state index contributed by atoms with van der Waals surface area (Å²) in [5.74, 6) is 3.49. The van der Waals surface area contributed by atoms with Gasteiger partial charge in [-0.2, -0.15) is 0 Å². The monoisotopic (exact) mass is 284 g/mol. The molecule has 0 aromatic heterocycles. The first kappa shape index (κ1) is 14.0. The third kappa shape index (κ3) is 2.10. The fraction of sp³-hybridized carbons (Fsp3) is 0.500. The van der Waals surface area contributed by atoms with E-state index in [2.05, 4.69) is 12.8 Å². The topological polar surface area (TPSA) is 35.5 Å². The van der Waals surface area contributed by atoms with Gasteiger partial charge in [0, 0.05) is 11.5 Å². The average Bonchev–Trinajstić information content (AvgIpc) is 2.76. The van der Waals surface area contributed by atoms with Gasteiger partial charge in [-0.25, -0.2) is 0 Å². The van der Waals surface area contributed by atoms with E-state index < -0.39 is 0 Å². The SMILES string of the molecule is C#CCOc1cc(C)c2c(c1C)[C@@H]1OC(=O)[C@@H](C)[C@@H]1CC2. The zero-order valence-electron chi connectivity index (χ0n) is 12.7. The van der Waals surface area contributed by atoms with E-state index in [-0.39, 0.29) is 30.5 Å². The number of rotatable bonds is 2. The Morgan fingerprint density at radius 3 is 2.95 bits per heavy atom. The number of carbonyl (C=O) groups is 1. The van der Waals surface area contributed by atoms with Crippen molar-refractivity contribution >= 4 is 5.97 Å². The van der Waals surface area contributed by atoms with Crippen molar-refractivity contribution in [2.75, 3.05) is 6.61 Å². The predicted octanol–water partition coefficient (Wildman–Crippen LogP) is 3.11. The van der Waals surface area contributed by atoms with E-state index in [1.165, 1.54) is 11.1 Å². The molecule has 0 spiro atoms. The summed E-state index contributed by atoms with van der Waals surface area (Å²) in [4.78, 5) is 11.9. The van der Waals surface area contributed by atoms with Crippen LogP contribution in [-0.2, 0) is 16.0 Å². The Morgan fingerprint density at radius 1 is 1.48 bits per heavy atom. The Kier molecular flexibility index (Phi) is 3.41. The van der Waals surface area contributed by atoms with Crippen molar-refractivity contribution in [2.24, 2.45) is 11.8 Å². The Labute approximate surface area is 125 Å². The van der Waals surface area contributed by atoms with Crippen molar-refractivity contribution in [1.82, 2.24) is 0 Å². The summed E-state index contributed by atoms with van der Waals surface area (Å²) in [6.07, 6.45) is 7.17. The lowest BCUT2D eigenvalue weighted by molar-refractivity contribution is -0.144. The molecule has 3 nitrogen and oxygen atoms in total. The fourth-order valence-electron chi connectivity index (χ4n) is 3.69. The van der Waals surface area contributed by atoms with Crippen LogP contribution in [-0.4, -0.2) is 12.6 Å². The van der Waals surface area contributed by atoms with Gasteiger partial charge in [-0.1, -0.05) is 12.8 Å². The number of carbonyl (C=O) groups excluding carboxylic acids is 1. The van der Waals surface area contributed by atoms with Gasteiger partial charge in [0.15, 0.2) is 0 Å². The number of esters is 1. The number of benzene rings is 1. The summed E-state index contributed by atoms with van der Waals surface area (Å²) in [6.45, 7) is 6.34. The van der Waals surface area contributed by atoms with Crippen LogP contribution in [0, 0.1) is 38.0 Å². The van der Waals surface area contributed by atoms with Crippen LogP contribution < -0.4 is 4.74 Å². The lowest BCUT2D eigenvalue weighted by Crippen LogP contribution is -2.22. The molecule has 0 unspecified atom stereocenters. The van der Waals surface area contributed by atoms with Crippen LogP contribution in [0.2, 0.25) is 0 Å². The standard InChI is InChI=1S/C18H20O3/c1-5-8-20-15-9-10(2)13-6-7-14-11(3)18(19)21-17(14)16(13)12(15)4/h1,9,11,14,17H,6-8H2,2-4H3/t11-,14-,17+/m0/s1. The Hall–Kier alpha value is -1.95. The molecular weight excluding hydrogens is 264 g/mol. The maximum Gasteiger partial charge on any atom is 0.309 e. The molecule has 1 aromatic carbocycles. The number of hydrogen-bond donors (Lipinski definition) is 0.